The van der Waals surface area contributed by atoms with E-state index in [0.29, 0.717) is 11.0 Å². The molecule has 0 aromatic carbocycles. The van der Waals surface area contributed by atoms with E-state index in [2.05, 4.69) is 20.0 Å². The van der Waals surface area contributed by atoms with Crippen LogP contribution in [0.1, 0.15) is 10.5 Å². The van der Waals surface area contributed by atoms with Crippen LogP contribution in [0.2, 0.25) is 0 Å². The van der Waals surface area contributed by atoms with E-state index in [4.69, 9.17) is 4.74 Å². The highest BCUT2D eigenvalue weighted by molar-refractivity contribution is 7.14. The van der Waals surface area contributed by atoms with Gasteiger partial charge >= 0.3 is 5.97 Å². The number of aromatic nitrogens is 2. The molecule has 0 bridgehead atoms. The summed E-state index contributed by atoms with van der Waals surface area (Å²) in [7, 11) is 2.88. The number of ether oxygens (including phenoxy) is 2. The van der Waals surface area contributed by atoms with E-state index >= 15 is 0 Å². The standard InChI is InChI=1S/C11H11N3O3S/c1-16-9-4-3-7(5-12-9)13-11-14-8(6-18-11)10(15)17-2/h3-6H,1-2H3,(H,13,14). The van der Waals surface area contributed by atoms with Crippen molar-refractivity contribution < 1.29 is 14.3 Å². The van der Waals surface area contributed by atoms with Crippen LogP contribution in [-0.4, -0.2) is 30.2 Å². The molecule has 0 radical (unpaired) electrons. The van der Waals surface area contributed by atoms with Gasteiger partial charge in [-0.1, -0.05) is 0 Å². The Labute approximate surface area is 108 Å². The number of carbonyl (C=O) groups is 1. The Balaban J connectivity index is 2.08. The van der Waals surface area contributed by atoms with Gasteiger partial charge in [-0.3, -0.25) is 0 Å². The fourth-order valence-corrected chi connectivity index (χ4v) is 1.93. The van der Waals surface area contributed by atoms with E-state index in [9.17, 15) is 4.79 Å². The maximum absolute atomic E-state index is 11.2. The second-order valence-corrected chi connectivity index (χ2v) is 4.10. The Hall–Kier alpha value is -2.15. The summed E-state index contributed by atoms with van der Waals surface area (Å²) in [5, 5.41) is 5.27. The summed E-state index contributed by atoms with van der Waals surface area (Å²) in [6.07, 6.45) is 1.62. The van der Waals surface area contributed by atoms with Crippen molar-refractivity contribution in [3.63, 3.8) is 0 Å². The predicted molar refractivity (Wildman–Crippen MR) is 67.5 cm³/mol. The minimum absolute atomic E-state index is 0.284. The fourth-order valence-electron chi connectivity index (χ4n) is 1.23. The third-order valence-corrected chi connectivity index (χ3v) is 2.85. The molecule has 0 spiro atoms. The zero-order chi connectivity index (χ0) is 13.0. The lowest BCUT2D eigenvalue weighted by Gasteiger charge is -2.02. The molecular weight excluding hydrogens is 254 g/mol. The molecule has 2 aromatic heterocycles. The number of hydrogen-bond acceptors (Lipinski definition) is 7. The summed E-state index contributed by atoms with van der Waals surface area (Å²) in [6, 6.07) is 3.54. The third-order valence-electron chi connectivity index (χ3n) is 2.10. The molecule has 1 N–H and O–H groups in total. The van der Waals surface area contributed by atoms with Crippen LogP contribution in [0.3, 0.4) is 0 Å². The summed E-state index contributed by atoms with van der Waals surface area (Å²) in [6.45, 7) is 0. The summed E-state index contributed by atoms with van der Waals surface area (Å²) in [5.74, 6) is 0.0853. The average molecular weight is 265 g/mol. The summed E-state index contributed by atoms with van der Waals surface area (Å²) >= 11 is 1.32. The van der Waals surface area contributed by atoms with Crippen LogP contribution in [0.5, 0.6) is 5.88 Å². The van der Waals surface area contributed by atoms with Crippen molar-refractivity contribution in [3.05, 3.63) is 29.4 Å². The van der Waals surface area contributed by atoms with E-state index in [-0.39, 0.29) is 5.69 Å². The highest BCUT2D eigenvalue weighted by Crippen LogP contribution is 2.21. The highest BCUT2D eigenvalue weighted by atomic mass is 32.1. The first kappa shape index (κ1) is 12.3. The molecule has 7 heteroatoms. The zero-order valence-corrected chi connectivity index (χ0v) is 10.7. The van der Waals surface area contributed by atoms with Crippen LogP contribution in [0.4, 0.5) is 10.8 Å². The number of carbonyl (C=O) groups excluding carboxylic acids is 1. The Morgan fingerprint density at radius 3 is 2.83 bits per heavy atom. The first-order valence-corrected chi connectivity index (χ1v) is 5.92. The van der Waals surface area contributed by atoms with Crippen LogP contribution in [0.25, 0.3) is 0 Å². The van der Waals surface area contributed by atoms with Gasteiger partial charge in [0.2, 0.25) is 5.88 Å². The molecule has 2 heterocycles. The molecule has 18 heavy (non-hydrogen) atoms. The monoisotopic (exact) mass is 265 g/mol. The highest BCUT2D eigenvalue weighted by Gasteiger charge is 2.10. The van der Waals surface area contributed by atoms with Crippen molar-refractivity contribution in [3.8, 4) is 5.88 Å². The van der Waals surface area contributed by atoms with Crippen molar-refractivity contribution in [2.45, 2.75) is 0 Å². The topological polar surface area (TPSA) is 73.3 Å². The van der Waals surface area contributed by atoms with E-state index in [1.54, 1.807) is 24.8 Å². The van der Waals surface area contributed by atoms with Gasteiger partial charge in [0.15, 0.2) is 10.8 Å². The molecule has 6 nitrogen and oxygen atoms in total. The predicted octanol–water partition coefficient (Wildman–Crippen LogP) is 2.08. The molecule has 2 aromatic rings. The third kappa shape index (κ3) is 2.75. The number of rotatable bonds is 4. The van der Waals surface area contributed by atoms with Crippen LogP contribution < -0.4 is 10.1 Å². The number of methoxy groups -OCH3 is 2. The Morgan fingerprint density at radius 2 is 2.22 bits per heavy atom. The molecule has 2 rings (SSSR count). The first-order valence-electron chi connectivity index (χ1n) is 5.04. The number of hydrogen-bond donors (Lipinski definition) is 1. The van der Waals surface area contributed by atoms with Crippen LogP contribution in [0, 0.1) is 0 Å². The Bertz CT molecular complexity index is 539. The number of anilines is 2. The van der Waals surface area contributed by atoms with Gasteiger partial charge in [0.25, 0.3) is 0 Å². The number of nitrogens with zero attached hydrogens (tertiary/aromatic N) is 2. The normalized spacial score (nSPS) is 9.89. The van der Waals surface area contributed by atoms with Crippen molar-refractivity contribution in [1.29, 1.82) is 0 Å². The van der Waals surface area contributed by atoms with Gasteiger partial charge in [-0.15, -0.1) is 11.3 Å². The van der Waals surface area contributed by atoms with Crippen molar-refractivity contribution in [1.82, 2.24) is 9.97 Å². The van der Waals surface area contributed by atoms with E-state index in [0.717, 1.165) is 5.69 Å². The lowest BCUT2D eigenvalue weighted by atomic mass is 10.4. The molecule has 0 aliphatic heterocycles. The van der Waals surface area contributed by atoms with E-state index in [1.165, 1.54) is 18.4 Å². The lowest BCUT2D eigenvalue weighted by molar-refractivity contribution is 0.0595. The molecule has 94 valence electrons. The second kappa shape index (κ2) is 5.46. The number of nitrogens with one attached hydrogen (secondary N) is 1. The summed E-state index contributed by atoms with van der Waals surface area (Å²) in [4.78, 5) is 19.4. The average Bonchev–Trinajstić information content (AvgIpc) is 2.87. The Morgan fingerprint density at radius 1 is 1.39 bits per heavy atom. The van der Waals surface area contributed by atoms with E-state index in [1.807, 2.05) is 6.07 Å². The number of pyridine rings is 1. The van der Waals surface area contributed by atoms with E-state index < -0.39 is 5.97 Å². The van der Waals surface area contributed by atoms with Gasteiger partial charge in [-0.25, -0.2) is 14.8 Å². The Kier molecular flexibility index (Phi) is 3.73. The van der Waals surface area contributed by atoms with Gasteiger partial charge < -0.3 is 14.8 Å². The molecule has 0 aliphatic carbocycles. The molecular formula is C11H11N3O3S. The zero-order valence-electron chi connectivity index (χ0n) is 9.84. The molecule has 0 aliphatic rings. The van der Waals surface area contributed by atoms with Gasteiger partial charge in [-0.2, -0.15) is 0 Å². The number of thiazole rings is 1. The maximum Gasteiger partial charge on any atom is 0.357 e. The number of esters is 1. The molecule has 0 unspecified atom stereocenters. The van der Waals surface area contributed by atoms with Gasteiger partial charge in [0.05, 0.1) is 26.1 Å². The largest absolute Gasteiger partial charge is 0.481 e. The summed E-state index contributed by atoms with van der Waals surface area (Å²) in [5.41, 5.74) is 1.05. The molecule has 0 fully saturated rings. The first-order chi connectivity index (χ1) is 8.72. The minimum Gasteiger partial charge on any atom is -0.481 e. The van der Waals surface area contributed by atoms with Crippen LogP contribution in [-0.2, 0) is 4.74 Å². The maximum atomic E-state index is 11.2. The van der Waals surface area contributed by atoms with Crippen molar-refractivity contribution >= 4 is 28.1 Å². The molecule has 0 atom stereocenters. The van der Waals surface area contributed by atoms with Gasteiger partial charge in [0.1, 0.15) is 0 Å². The van der Waals surface area contributed by atoms with Gasteiger partial charge in [0, 0.05) is 11.4 Å². The quantitative estimate of drug-likeness (QED) is 0.853. The van der Waals surface area contributed by atoms with Crippen molar-refractivity contribution in [2.24, 2.45) is 0 Å². The summed E-state index contributed by atoms with van der Waals surface area (Å²) < 4.78 is 9.54. The SMILES string of the molecule is COC(=O)c1csc(Nc2ccc(OC)nc2)n1. The fraction of sp³-hybridized carbons (Fsp3) is 0.182. The minimum atomic E-state index is -0.452. The van der Waals surface area contributed by atoms with Crippen molar-refractivity contribution in [2.75, 3.05) is 19.5 Å². The smallest absolute Gasteiger partial charge is 0.357 e. The molecule has 0 saturated carbocycles. The van der Waals surface area contributed by atoms with Crippen LogP contribution >= 0.6 is 11.3 Å². The van der Waals surface area contributed by atoms with Crippen LogP contribution in [0.15, 0.2) is 23.7 Å². The molecule has 0 amide bonds. The van der Waals surface area contributed by atoms with Gasteiger partial charge in [-0.05, 0) is 6.07 Å². The second-order valence-electron chi connectivity index (χ2n) is 3.24. The molecule has 0 saturated heterocycles. The lowest BCUT2D eigenvalue weighted by Crippen LogP contribution is -2.01.